The fraction of sp³-hybridized carbons (Fsp3) is 0.576. The van der Waals surface area contributed by atoms with Crippen molar-refractivity contribution in [3.05, 3.63) is 59.7 Å². The van der Waals surface area contributed by atoms with Gasteiger partial charge in [-0.15, -0.1) is 0 Å². The van der Waals surface area contributed by atoms with Crippen LogP contribution in [0.5, 0.6) is 5.75 Å². The average molecular weight is 629 g/mol. The summed E-state index contributed by atoms with van der Waals surface area (Å²) < 4.78 is 35.0. The minimum absolute atomic E-state index is 0.0333. The van der Waals surface area contributed by atoms with Crippen molar-refractivity contribution in [1.29, 1.82) is 0 Å². The number of nitrogens with zero attached hydrogens (tertiary/aromatic N) is 2. The van der Waals surface area contributed by atoms with Crippen LogP contribution in [0.25, 0.3) is 0 Å². The van der Waals surface area contributed by atoms with E-state index in [2.05, 4.69) is 10.7 Å². The van der Waals surface area contributed by atoms with E-state index in [1.165, 1.54) is 15.4 Å². The molecule has 0 aliphatic carbocycles. The molecule has 11 heteroatoms. The van der Waals surface area contributed by atoms with Gasteiger partial charge in [0.05, 0.1) is 29.7 Å². The Morgan fingerprint density at radius 2 is 1.84 bits per heavy atom. The topological polar surface area (TPSA) is 128 Å². The molecule has 3 atom stereocenters. The average Bonchev–Trinajstić information content (AvgIpc) is 3.66. The second-order valence-corrected chi connectivity index (χ2v) is 15.5. The second kappa shape index (κ2) is 14.4. The van der Waals surface area contributed by atoms with Gasteiger partial charge in [-0.1, -0.05) is 65.0 Å². The largest absolute Gasteiger partial charge is 0.493 e. The fourth-order valence-electron chi connectivity index (χ4n) is 5.71. The van der Waals surface area contributed by atoms with Crippen molar-refractivity contribution in [2.45, 2.75) is 89.8 Å². The van der Waals surface area contributed by atoms with Crippen LogP contribution in [0.4, 0.5) is 0 Å². The number of carbonyl (C=O) groups excluding carboxylic acids is 2. The Labute approximate surface area is 262 Å². The lowest BCUT2D eigenvalue weighted by molar-refractivity contribution is -0.150. The third-order valence-corrected chi connectivity index (χ3v) is 9.71. The Bertz CT molecular complexity index is 1390. The van der Waals surface area contributed by atoms with Crippen molar-refractivity contribution >= 4 is 21.8 Å². The molecule has 4 rings (SSSR count). The molecule has 44 heavy (non-hydrogen) atoms. The summed E-state index contributed by atoms with van der Waals surface area (Å²) in [4.78, 5) is 27.4. The molecule has 3 N–H and O–H groups in total. The van der Waals surface area contributed by atoms with Crippen LogP contribution < -0.4 is 15.5 Å². The summed E-state index contributed by atoms with van der Waals surface area (Å²) in [5.41, 5.74) is 4.12. The summed E-state index contributed by atoms with van der Waals surface area (Å²) in [6, 6.07) is 12.9. The minimum Gasteiger partial charge on any atom is -0.493 e. The molecular formula is C33H48N4O6S. The van der Waals surface area contributed by atoms with E-state index in [9.17, 15) is 23.1 Å². The first-order valence-electron chi connectivity index (χ1n) is 15.6. The molecule has 2 aliphatic rings. The molecule has 1 fully saturated rings. The predicted octanol–water partition coefficient (Wildman–Crippen LogP) is 3.29. The van der Waals surface area contributed by atoms with Gasteiger partial charge in [-0.3, -0.25) is 15.0 Å². The predicted molar refractivity (Wildman–Crippen MR) is 169 cm³/mol. The smallest absolute Gasteiger partial charge is 0.255 e. The van der Waals surface area contributed by atoms with Gasteiger partial charge in [-0.2, -0.15) is 4.31 Å². The summed E-state index contributed by atoms with van der Waals surface area (Å²) in [5.74, 6) is -0.0420. The van der Waals surface area contributed by atoms with Crippen molar-refractivity contribution in [2.24, 2.45) is 11.3 Å². The first-order chi connectivity index (χ1) is 20.7. The van der Waals surface area contributed by atoms with Crippen molar-refractivity contribution in [2.75, 3.05) is 26.2 Å². The lowest BCUT2D eigenvalue weighted by Crippen LogP contribution is -2.61. The van der Waals surface area contributed by atoms with E-state index in [-0.39, 0.29) is 48.6 Å². The van der Waals surface area contributed by atoms with E-state index in [4.69, 9.17) is 4.74 Å². The number of fused-ring (bicyclic) bond motifs is 1. The molecule has 2 aromatic rings. The van der Waals surface area contributed by atoms with Gasteiger partial charge in [-0.05, 0) is 66.5 Å². The molecular weight excluding hydrogens is 580 g/mol. The highest BCUT2D eigenvalue weighted by molar-refractivity contribution is 7.89. The lowest BCUT2D eigenvalue weighted by atomic mass is 9.91. The van der Waals surface area contributed by atoms with Crippen LogP contribution in [0.2, 0.25) is 0 Å². The number of aliphatic hydroxyl groups is 1. The van der Waals surface area contributed by atoms with Gasteiger partial charge in [-0.25, -0.2) is 13.4 Å². The van der Waals surface area contributed by atoms with Crippen molar-refractivity contribution in [3.8, 4) is 5.75 Å². The zero-order chi connectivity index (χ0) is 32.1. The number of benzene rings is 2. The Balaban J connectivity index is 1.69. The van der Waals surface area contributed by atoms with Gasteiger partial charge < -0.3 is 15.2 Å². The van der Waals surface area contributed by atoms with Crippen LogP contribution in [0.3, 0.4) is 0 Å². The van der Waals surface area contributed by atoms with E-state index in [1.54, 1.807) is 12.1 Å². The molecule has 1 saturated heterocycles. The molecule has 242 valence electrons. The highest BCUT2D eigenvalue weighted by Gasteiger charge is 2.38. The molecule has 10 nitrogen and oxygen atoms in total. The van der Waals surface area contributed by atoms with Crippen LogP contribution in [-0.4, -0.2) is 79.1 Å². The lowest BCUT2D eigenvalue weighted by Gasteiger charge is -2.38. The fourth-order valence-corrected chi connectivity index (χ4v) is 7.38. The Hall–Kier alpha value is -2.99. The molecule has 0 radical (unpaired) electrons. The number of nitrogens with one attached hydrogen (secondary N) is 2. The number of hydrogen-bond acceptors (Lipinski definition) is 7. The number of amides is 2. The number of sulfonamides is 1. The zero-order valence-electron chi connectivity index (χ0n) is 26.6. The standard InChI is InChI=1S/C33H48N4O6S/c1-23(2)21-36(44(41,42)26-13-14-30-25(19-26)15-17-43-30)22-29(38)28(18-24-10-7-6-8-11-24)37(31(39)20-33(3,4)5)35-32(40)27-12-9-16-34-27/h6-8,10-11,13-14,19,23,27-29,34,38H,9,12,15-18,20-22H2,1-5H3,(H,35,40)/t27?,28-,29+/m0/s1. The third-order valence-electron chi connectivity index (χ3n) is 7.88. The van der Waals surface area contributed by atoms with Crippen LogP contribution in [0.15, 0.2) is 53.4 Å². The molecule has 1 unspecified atom stereocenters. The number of hydrazine groups is 1. The minimum atomic E-state index is -4.01. The van der Waals surface area contributed by atoms with Gasteiger partial charge in [0.2, 0.25) is 15.9 Å². The Morgan fingerprint density at radius 1 is 1.11 bits per heavy atom. The summed E-state index contributed by atoms with van der Waals surface area (Å²) >= 11 is 0. The summed E-state index contributed by atoms with van der Waals surface area (Å²) in [7, 11) is -4.01. The van der Waals surface area contributed by atoms with E-state index in [0.29, 0.717) is 31.7 Å². The molecule has 2 aromatic carbocycles. The van der Waals surface area contributed by atoms with Crippen molar-refractivity contribution in [1.82, 2.24) is 20.1 Å². The SMILES string of the molecule is CC(C)CN(C[C@@H](O)[C@H](Cc1ccccc1)N(NC(=O)C1CCCN1)C(=O)CC(C)(C)C)S(=O)(=O)c1ccc2c(c1)CCO2. The normalized spacial score (nSPS) is 18.1. The monoisotopic (exact) mass is 628 g/mol. The number of hydrogen-bond donors (Lipinski definition) is 3. The zero-order valence-corrected chi connectivity index (χ0v) is 27.4. The maximum absolute atomic E-state index is 14.0. The van der Waals surface area contributed by atoms with Crippen LogP contribution in [-0.2, 0) is 32.5 Å². The number of rotatable bonds is 12. The highest BCUT2D eigenvalue weighted by atomic mass is 32.2. The quantitative estimate of drug-likeness (QED) is 0.308. The van der Waals surface area contributed by atoms with E-state index >= 15 is 0 Å². The number of ether oxygens (including phenoxy) is 1. The van der Waals surface area contributed by atoms with Crippen molar-refractivity contribution in [3.63, 3.8) is 0 Å². The van der Waals surface area contributed by atoms with Crippen LogP contribution in [0, 0.1) is 11.3 Å². The van der Waals surface area contributed by atoms with Gasteiger partial charge >= 0.3 is 0 Å². The van der Waals surface area contributed by atoms with Gasteiger partial charge in [0.25, 0.3) is 5.91 Å². The maximum Gasteiger partial charge on any atom is 0.255 e. The van der Waals surface area contributed by atoms with Gasteiger partial charge in [0.1, 0.15) is 5.75 Å². The highest BCUT2D eigenvalue weighted by Crippen LogP contribution is 2.30. The molecule has 0 spiro atoms. The van der Waals surface area contributed by atoms with E-state index in [1.807, 2.05) is 65.0 Å². The molecule has 0 bridgehead atoms. The molecule has 0 aromatic heterocycles. The first kappa shape index (κ1) is 33.9. The van der Waals surface area contributed by atoms with Gasteiger partial charge in [0, 0.05) is 25.9 Å². The summed E-state index contributed by atoms with van der Waals surface area (Å²) in [6.07, 6.45) is 1.13. The van der Waals surface area contributed by atoms with Crippen LogP contribution in [0.1, 0.15) is 65.0 Å². The Kier molecular flexibility index (Phi) is 11.1. The molecule has 2 aliphatic heterocycles. The number of carbonyl (C=O) groups is 2. The summed E-state index contributed by atoms with van der Waals surface area (Å²) in [6.45, 7) is 10.8. The number of aliphatic hydroxyl groups excluding tert-OH is 1. The molecule has 2 heterocycles. The molecule has 0 saturated carbocycles. The maximum atomic E-state index is 14.0. The van der Waals surface area contributed by atoms with E-state index < -0.39 is 33.6 Å². The van der Waals surface area contributed by atoms with Crippen LogP contribution >= 0.6 is 0 Å². The second-order valence-electron chi connectivity index (χ2n) is 13.5. The van der Waals surface area contributed by atoms with Crippen molar-refractivity contribution < 1.29 is 27.9 Å². The van der Waals surface area contributed by atoms with Gasteiger partial charge in [0.15, 0.2) is 0 Å². The first-order valence-corrected chi connectivity index (χ1v) is 17.0. The molecule has 2 amide bonds. The van der Waals surface area contributed by atoms with E-state index in [0.717, 1.165) is 17.5 Å². The third kappa shape index (κ3) is 8.80. The summed E-state index contributed by atoms with van der Waals surface area (Å²) in [5, 5.41) is 16.4. The Morgan fingerprint density at radius 3 is 2.48 bits per heavy atom.